The lowest BCUT2D eigenvalue weighted by atomic mass is 10.2. The van der Waals surface area contributed by atoms with Gasteiger partial charge in [0.25, 0.3) is 5.91 Å². The van der Waals surface area contributed by atoms with Crippen LogP contribution < -0.4 is 15.5 Å². The fourth-order valence-electron chi connectivity index (χ4n) is 2.41. The van der Waals surface area contributed by atoms with E-state index in [0.717, 1.165) is 18.4 Å². The molecule has 0 spiro atoms. The van der Waals surface area contributed by atoms with Gasteiger partial charge in [0.15, 0.2) is 11.4 Å². The molecule has 6 heteroatoms. The quantitative estimate of drug-likeness (QED) is 0.682. The number of amides is 1. The Hall–Kier alpha value is -2.60. The van der Waals surface area contributed by atoms with Gasteiger partial charge in [0.2, 0.25) is 5.43 Å². The van der Waals surface area contributed by atoms with Crippen molar-refractivity contribution in [2.45, 2.75) is 32.9 Å². The largest absolute Gasteiger partial charge is 0.483 e. The molecule has 1 heterocycles. The van der Waals surface area contributed by atoms with E-state index < -0.39 is 0 Å². The second-order valence-corrected chi connectivity index (χ2v) is 5.66. The van der Waals surface area contributed by atoms with E-state index in [-0.39, 0.29) is 42.5 Å². The normalized spacial score (nSPS) is 10.5. The van der Waals surface area contributed by atoms with Gasteiger partial charge in [-0.15, -0.1) is 0 Å². The molecule has 2 aromatic rings. The standard InChI is InChI=1S/C19H24N2O4/c1-2-3-10-20-19(24)17-18(16(23)9-11-21(17)12-13-22)25-14-15-7-5-4-6-8-15/h4-9,11,22H,2-3,10,12-14H2,1H3,(H,20,24). The van der Waals surface area contributed by atoms with Gasteiger partial charge in [-0.2, -0.15) is 0 Å². The summed E-state index contributed by atoms with van der Waals surface area (Å²) in [6, 6.07) is 10.8. The number of aliphatic hydroxyl groups excluding tert-OH is 1. The minimum Gasteiger partial charge on any atom is -0.483 e. The third kappa shape index (κ3) is 5.19. The monoisotopic (exact) mass is 344 g/mol. The molecule has 1 aromatic heterocycles. The molecule has 0 atom stereocenters. The van der Waals surface area contributed by atoms with Gasteiger partial charge in [-0.3, -0.25) is 9.59 Å². The molecule has 2 rings (SSSR count). The summed E-state index contributed by atoms with van der Waals surface area (Å²) in [5.74, 6) is -0.364. The van der Waals surface area contributed by atoms with E-state index in [0.29, 0.717) is 6.54 Å². The highest BCUT2D eigenvalue weighted by molar-refractivity contribution is 5.95. The fraction of sp³-hybridized carbons (Fsp3) is 0.368. The van der Waals surface area contributed by atoms with Crippen LogP contribution in [-0.4, -0.2) is 28.7 Å². The second kappa shape index (κ2) is 9.64. The fourth-order valence-corrected chi connectivity index (χ4v) is 2.41. The Morgan fingerprint density at radius 3 is 2.68 bits per heavy atom. The van der Waals surface area contributed by atoms with E-state index in [2.05, 4.69) is 5.32 Å². The van der Waals surface area contributed by atoms with E-state index in [1.807, 2.05) is 37.3 Å². The highest BCUT2D eigenvalue weighted by atomic mass is 16.5. The first-order valence-electron chi connectivity index (χ1n) is 8.46. The predicted octanol–water partition coefficient (Wildman–Crippen LogP) is 1.95. The van der Waals surface area contributed by atoms with Crippen molar-refractivity contribution in [3.8, 4) is 5.75 Å². The number of benzene rings is 1. The van der Waals surface area contributed by atoms with Crippen molar-refractivity contribution in [2.24, 2.45) is 0 Å². The topological polar surface area (TPSA) is 80.6 Å². The molecule has 0 bridgehead atoms. The van der Waals surface area contributed by atoms with Crippen LogP contribution in [-0.2, 0) is 13.2 Å². The zero-order valence-corrected chi connectivity index (χ0v) is 14.4. The van der Waals surface area contributed by atoms with Crippen molar-refractivity contribution in [1.29, 1.82) is 0 Å². The van der Waals surface area contributed by atoms with Crippen molar-refractivity contribution in [3.63, 3.8) is 0 Å². The molecule has 1 aromatic carbocycles. The Morgan fingerprint density at radius 2 is 2.00 bits per heavy atom. The molecule has 0 aliphatic heterocycles. The van der Waals surface area contributed by atoms with Crippen LogP contribution in [0.1, 0.15) is 35.8 Å². The highest BCUT2D eigenvalue weighted by Crippen LogP contribution is 2.15. The number of nitrogens with zero attached hydrogens (tertiary/aromatic N) is 1. The van der Waals surface area contributed by atoms with Crippen LogP contribution >= 0.6 is 0 Å². The smallest absolute Gasteiger partial charge is 0.271 e. The van der Waals surface area contributed by atoms with E-state index in [9.17, 15) is 14.7 Å². The van der Waals surface area contributed by atoms with Crippen LogP contribution in [0.4, 0.5) is 0 Å². The molecule has 0 fully saturated rings. The molecule has 0 radical (unpaired) electrons. The van der Waals surface area contributed by atoms with E-state index >= 15 is 0 Å². The Labute approximate surface area is 147 Å². The third-order valence-corrected chi connectivity index (χ3v) is 3.73. The molecular weight excluding hydrogens is 320 g/mol. The molecule has 1 amide bonds. The molecule has 0 saturated heterocycles. The maximum atomic E-state index is 12.6. The van der Waals surface area contributed by atoms with Crippen molar-refractivity contribution in [3.05, 3.63) is 64.1 Å². The van der Waals surface area contributed by atoms with E-state index in [1.165, 1.54) is 12.3 Å². The molecule has 0 aliphatic rings. The lowest BCUT2D eigenvalue weighted by molar-refractivity contribution is 0.0935. The van der Waals surface area contributed by atoms with Gasteiger partial charge >= 0.3 is 0 Å². The summed E-state index contributed by atoms with van der Waals surface area (Å²) in [6.07, 6.45) is 3.31. The average Bonchev–Trinajstić information content (AvgIpc) is 2.63. The highest BCUT2D eigenvalue weighted by Gasteiger charge is 2.20. The minimum atomic E-state index is -0.373. The lowest BCUT2D eigenvalue weighted by Gasteiger charge is -2.16. The summed E-state index contributed by atoms with van der Waals surface area (Å²) in [6.45, 7) is 2.81. The number of hydrogen-bond donors (Lipinski definition) is 2. The van der Waals surface area contributed by atoms with Gasteiger partial charge in [0, 0.05) is 25.4 Å². The van der Waals surface area contributed by atoms with Gasteiger partial charge in [-0.25, -0.2) is 0 Å². The molecule has 0 saturated carbocycles. The van der Waals surface area contributed by atoms with Gasteiger partial charge in [0.05, 0.1) is 6.61 Å². The maximum absolute atomic E-state index is 12.6. The first-order chi connectivity index (χ1) is 12.2. The van der Waals surface area contributed by atoms with Crippen molar-refractivity contribution in [2.75, 3.05) is 13.2 Å². The van der Waals surface area contributed by atoms with Gasteiger partial charge < -0.3 is 19.7 Å². The molecule has 2 N–H and O–H groups in total. The number of aromatic nitrogens is 1. The molecule has 134 valence electrons. The summed E-state index contributed by atoms with van der Waals surface area (Å²) in [7, 11) is 0. The SMILES string of the molecule is CCCCNC(=O)c1c(OCc2ccccc2)c(=O)ccn1CCO. The van der Waals surface area contributed by atoms with Crippen LogP contribution in [0.5, 0.6) is 5.75 Å². The number of hydrogen-bond acceptors (Lipinski definition) is 4. The van der Waals surface area contributed by atoms with Crippen molar-refractivity contribution >= 4 is 5.91 Å². The Morgan fingerprint density at radius 1 is 1.24 bits per heavy atom. The molecule has 0 unspecified atom stereocenters. The summed E-state index contributed by atoms with van der Waals surface area (Å²) < 4.78 is 7.24. The third-order valence-electron chi connectivity index (χ3n) is 3.73. The zero-order valence-electron chi connectivity index (χ0n) is 14.4. The molecule has 0 aliphatic carbocycles. The first kappa shape index (κ1) is 18.7. The summed E-state index contributed by atoms with van der Waals surface area (Å²) in [5, 5.41) is 12.0. The van der Waals surface area contributed by atoms with Crippen LogP contribution in [0.15, 0.2) is 47.4 Å². The minimum absolute atomic E-state index is 0.00815. The molecule has 6 nitrogen and oxygen atoms in total. The summed E-state index contributed by atoms with van der Waals surface area (Å²) in [4.78, 5) is 24.8. The van der Waals surface area contributed by atoms with Gasteiger partial charge in [-0.1, -0.05) is 43.7 Å². The number of rotatable bonds is 9. The Balaban J connectivity index is 2.30. The van der Waals surface area contributed by atoms with Crippen LogP contribution in [0.2, 0.25) is 0 Å². The van der Waals surface area contributed by atoms with E-state index in [4.69, 9.17) is 4.74 Å². The van der Waals surface area contributed by atoms with Crippen LogP contribution in [0.3, 0.4) is 0 Å². The van der Waals surface area contributed by atoms with Crippen molar-refractivity contribution in [1.82, 2.24) is 9.88 Å². The van der Waals surface area contributed by atoms with Crippen molar-refractivity contribution < 1.29 is 14.6 Å². The number of carbonyl (C=O) groups excluding carboxylic acids is 1. The molecule has 25 heavy (non-hydrogen) atoms. The van der Waals surface area contributed by atoms with Crippen LogP contribution in [0, 0.1) is 0 Å². The average molecular weight is 344 g/mol. The second-order valence-electron chi connectivity index (χ2n) is 5.66. The summed E-state index contributed by atoms with van der Waals surface area (Å²) in [5.41, 5.74) is 0.691. The zero-order chi connectivity index (χ0) is 18.1. The first-order valence-corrected chi connectivity index (χ1v) is 8.46. The maximum Gasteiger partial charge on any atom is 0.271 e. The van der Waals surface area contributed by atoms with Gasteiger partial charge in [0.1, 0.15) is 6.61 Å². The predicted molar refractivity (Wildman–Crippen MR) is 95.8 cm³/mol. The number of carbonyl (C=O) groups is 1. The number of unbranched alkanes of at least 4 members (excludes halogenated alkanes) is 1. The lowest BCUT2D eigenvalue weighted by Crippen LogP contribution is -2.31. The van der Waals surface area contributed by atoms with E-state index in [1.54, 1.807) is 4.57 Å². The summed E-state index contributed by atoms with van der Waals surface area (Å²) >= 11 is 0. The number of nitrogens with one attached hydrogen (secondary N) is 1. The Kier molecular flexibility index (Phi) is 7.22. The number of pyridine rings is 1. The Bertz CT molecular complexity index is 741. The van der Waals surface area contributed by atoms with Crippen LogP contribution in [0.25, 0.3) is 0 Å². The number of aliphatic hydroxyl groups is 1. The van der Waals surface area contributed by atoms with Gasteiger partial charge in [-0.05, 0) is 12.0 Å². The number of ether oxygens (including phenoxy) is 1. The molecular formula is C19H24N2O4.